The van der Waals surface area contributed by atoms with Crippen LogP contribution in [0.4, 0.5) is 0 Å². The third kappa shape index (κ3) is 7.37. The Morgan fingerprint density at radius 1 is 1.00 bits per heavy atom. The van der Waals surface area contributed by atoms with Crippen LogP contribution in [0.1, 0.15) is 47.0 Å². The van der Waals surface area contributed by atoms with Crippen molar-refractivity contribution in [1.29, 1.82) is 0 Å². The van der Waals surface area contributed by atoms with Gasteiger partial charge < -0.3 is 14.8 Å². The van der Waals surface area contributed by atoms with E-state index in [0.717, 1.165) is 31.1 Å². The topological polar surface area (TPSA) is 30.5 Å². The van der Waals surface area contributed by atoms with E-state index in [1.807, 2.05) is 31.2 Å². The molecule has 0 heterocycles. The highest BCUT2D eigenvalue weighted by atomic mass is 16.5. The lowest BCUT2D eigenvalue weighted by Gasteiger charge is -2.19. The maximum absolute atomic E-state index is 5.92. The Morgan fingerprint density at radius 3 is 2.24 bits per heavy atom. The van der Waals surface area contributed by atoms with E-state index in [1.165, 1.54) is 12.8 Å². The van der Waals surface area contributed by atoms with Crippen LogP contribution in [0.25, 0.3) is 0 Å². The first kappa shape index (κ1) is 17.8. The molecule has 0 radical (unpaired) electrons. The summed E-state index contributed by atoms with van der Waals surface area (Å²) < 4.78 is 11.5. The molecule has 0 bridgehead atoms. The van der Waals surface area contributed by atoms with Gasteiger partial charge in [-0.3, -0.25) is 0 Å². The third-order valence-electron chi connectivity index (χ3n) is 3.44. The molecule has 1 rings (SSSR count). The average Bonchev–Trinajstić information content (AvgIpc) is 2.46. The molecule has 21 heavy (non-hydrogen) atoms. The smallest absolute Gasteiger partial charge is 0.161 e. The molecule has 0 aliphatic carbocycles. The molecular weight excluding hydrogens is 262 g/mol. The fourth-order valence-corrected chi connectivity index (χ4v) is 2.34. The van der Waals surface area contributed by atoms with Crippen molar-refractivity contribution >= 4 is 0 Å². The van der Waals surface area contributed by atoms with E-state index in [9.17, 15) is 0 Å². The molecule has 120 valence electrons. The fraction of sp³-hybridized carbons (Fsp3) is 0.667. The lowest BCUT2D eigenvalue weighted by atomic mass is 10.00. The summed E-state index contributed by atoms with van der Waals surface area (Å²) in [7, 11) is 0. The van der Waals surface area contributed by atoms with Crippen molar-refractivity contribution in [3.05, 3.63) is 24.3 Å². The van der Waals surface area contributed by atoms with Crippen molar-refractivity contribution in [3.63, 3.8) is 0 Å². The lowest BCUT2D eigenvalue weighted by Crippen LogP contribution is -2.29. The van der Waals surface area contributed by atoms with E-state index >= 15 is 0 Å². The fourth-order valence-electron chi connectivity index (χ4n) is 2.34. The number of hydrogen-bond donors (Lipinski definition) is 1. The molecule has 3 nitrogen and oxygen atoms in total. The van der Waals surface area contributed by atoms with Gasteiger partial charge in [-0.1, -0.05) is 39.3 Å². The van der Waals surface area contributed by atoms with E-state index in [-0.39, 0.29) is 0 Å². The summed E-state index contributed by atoms with van der Waals surface area (Å²) in [4.78, 5) is 0. The van der Waals surface area contributed by atoms with Gasteiger partial charge in [0, 0.05) is 6.04 Å². The third-order valence-corrected chi connectivity index (χ3v) is 3.44. The predicted octanol–water partition coefficient (Wildman–Crippen LogP) is 4.27. The second kappa shape index (κ2) is 10.5. The van der Waals surface area contributed by atoms with Crippen LogP contribution >= 0.6 is 0 Å². The molecule has 1 aromatic carbocycles. The summed E-state index contributed by atoms with van der Waals surface area (Å²) >= 11 is 0. The molecule has 1 atom stereocenters. The Hall–Kier alpha value is -1.22. The minimum absolute atomic E-state index is 0.545. The van der Waals surface area contributed by atoms with Gasteiger partial charge in [-0.05, 0) is 44.4 Å². The molecule has 0 saturated heterocycles. The van der Waals surface area contributed by atoms with Crippen molar-refractivity contribution < 1.29 is 9.47 Å². The first-order valence-electron chi connectivity index (χ1n) is 8.25. The van der Waals surface area contributed by atoms with Gasteiger partial charge in [-0.15, -0.1) is 0 Å². The molecular formula is C18H31NO2. The highest BCUT2D eigenvalue weighted by molar-refractivity contribution is 5.39. The molecule has 0 aliphatic rings. The molecule has 1 unspecified atom stereocenters. The maximum atomic E-state index is 5.92. The predicted molar refractivity (Wildman–Crippen MR) is 89.3 cm³/mol. The van der Waals surface area contributed by atoms with Gasteiger partial charge in [0.1, 0.15) is 0 Å². The normalized spacial score (nSPS) is 12.4. The molecule has 0 fully saturated rings. The van der Waals surface area contributed by atoms with Gasteiger partial charge >= 0.3 is 0 Å². The Kier molecular flexibility index (Phi) is 8.91. The van der Waals surface area contributed by atoms with E-state index in [0.29, 0.717) is 18.6 Å². The quantitative estimate of drug-likeness (QED) is 0.661. The van der Waals surface area contributed by atoms with Crippen LogP contribution in [-0.4, -0.2) is 25.8 Å². The first-order valence-corrected chi connectivity index (χ1v) is 8.25. The van der Waals surface area contributed by atoms with Crippen molar-refractivity contribution in [3.8, 4) is 11.5 Å². The van der Waals surface area contributed by atoms with Gasteiger partial charge in [-0.2, -0.15) is 0 Å². The van der Waals surface area contributed by atoms with Crippen LogP contribution in [0.2, 0.25) is 0 Å². The molecule has 0 saturated carbocycles. The van der Waals surface area contributed by atoms with Crippen LogP contribution in [0.3, 0.4) is 0 Å². The minimum Gasteiger partial charge on any atom is -0.490 e. The maximum Gasteiger partial charge on any atom is 0.161 e. The Balaban J connectivity index is 2.42. The second-order valence-corrected chi connectivity index (χ2v) is 5.73. The van der Waals surface area contributed by atoms with Crippen molar-refractivity contribution in [2.45, 2.75) is 53.0 Å². The van der Waals surface area contributed by atoms with Gasteiger partial charge in [-0.25, -0.2) is 0 Å². The summed E-state index contributed by atoms with van der Waals surface area (Å²) in [5.74, 6) is 2.37. The summed E-state index contributed by atoms with van der Waals surface area (Å²) in [6.45, 7) is 11.1. The zero-order chi connectivity index (χ0) is 15.5. The number of nitrogens with one attached hydrogen (secondary N) is 1. The number of rotatable bonds is 11. The van der Waals surface area contributed by atoms with Crippen LogP contribution in [0, 0.1) is 5.92 Å². The van der Waals surface area contributed by atoms with Gasteiger partial charge in [0.05, 0.1) is 13.2 Å². The molecule has 3 heteroatoms. The van der Waals surface area contributed by atoms with Crippen LogP contribution in [0.5, 0.6) is 11.5 Å². The Bertz CT molecular complexity index is 379. The lowest BCUT2D eigenvalue weighted by molar-refractivity contribution is 0.246. The average molecular weight is 293 g/mol. The zero-order valence-corrected chi connectivity index (χ0v) is 14.0. The molecule has 0 spiro atoms. The van der Waals surface area contributed by atoms with Crippen LogP contribution in [0.15, 0.2) is 24.3 Å². The number of para-hydroxylation sites is 2. The molecule has 0 amide bonds. The summed E-state index contributed by atoms with van der Waals surface area (Å²) in [5, 5.41) is 3.53. The number of benzene rings is 1. The SMILES string of the molecule is CCCC(CCOc1ccccc1OCC)CNC(C)C. The summed E-state index contributed by atoms with van der Waals surface area (Å²) in [5.41, 5.74) is 0. The van der Waals surface area contributed by atoms with Crippen LogP contribution in [-0.2, 0) is 0 Å². The van der Waals surface area contributed by atoms with Crippen LogP contribution < -0.4 is 14.8 Å². The van der Waals surface area contributed by atoms with E-state index in [4.69, 9.17) is 9.47 Å². The monoisotopic (exact) mass is 293 g/mol. The molecule has 0 aromatic heterocycles. The summed E-state index contributed by atoms with van der Waals surface area (Å²) in [6, 6.07) is 8.45. The van der Waals surface area contributed by atoms with E-state index in [1.54, 1.807) is 0 Å². The number of hydrogen-bond acceptors (Lipinski definition) is 3. The summed E-state index contributed by atoms with van der Waals surface area (Å²) in [6.07, 6.45) is 3.55. The van der Waals surface area contributed by atoms with Gasteiger partial charge in [0.2, 0.25) is 0 Å². The molecule has 1 aromatic rings. The minimum atomic E-state index is 0.545. The number of ether oxygens (including phenoxy) is 2. The van der Waals surface area contributed by atoms with Gasteiger partial charge in [0.25, 0.3) is 0 Å². The van der Waals surface area contributed by atoms with E-state index < -0.39 is 0 Å². The highest BCUT2D eigenvalue weighted by Gasteiger charge is 2.10. The molecule has 0 aliphatic heterocycles. The second-order valence-electron chi connectivity index (χ2n) is 5.73. The van der Waals surface area contributed by atoms with Crippen molar-refractivity contribution in [2.75, 3.05) is 19.8 Å². The standard InChI is InChI=1S/C18H31NO2/c1-5-9-16(14-19-15(3)4)12-13-21-18-11-8-7-10-17(18)20-6-2/h7-8,10-11,15-16,19H,5-6,9,12-14H2,1-4H3. The molecule has 1 N–H and O–H groups in total. The van der Waals surface area contributed by atoms with Crippen molar-refractivity contribution in [2.24, 2.45) is 5.92 Å². The zero-order valence-electron chi connectivity index (χ0n) is 14.0. The first-order chi connectivity index (χ1) is 10.2. The Morgan fingerprint density at radius 2 is 1.67 bits per heavy atom. The largest absolute Gasteiger partial charge is 0.490 e. The van der Waals surface area contributed by atoms with Crippen molar-refractivity contribution in [1.82, 2.24) is 5.32 Å². The van der Waals surface area contributed by atoms with Gasteiger partial charge in [0.15, 0.2) is 11.5 Å². The highest BCUT2D eigenvalue weighted by Crippen LogP contribution is 2.26. The Labute approximate surface area is 130 Å². The van der Waals surface area contributed by atoms with E-state index in [2.05, 4.69) is 26.1 Å².